The third-order valence-corrected chi connectivity index (χ3v) is 3.17. The lowest BCUT2D eigenvalue weighted by Gasteiger charge is -2.06. The fraction of sp³-hybridized carbons (Fsp3) is 0.286. The minimum absolute atomic E-state index is 0.182. The fourth-order valence-corrected chi connectivity index (χ4v) is 2.28. The number of aromatic carboxylic acids is 1. The van der Waals surface area contributed by atoms with Gasteiger partial charge in [-0.05, 0) is 31.5 Å². The molecule has 1 heterocycles. The van der Waals surface area contributed by atoms with Crippen LogP contribution in [0.2, 0.25) is 5.02 Å². The van der Waals surface area contributed by atoms with E-state index >= 15 is 0 Å². The maximum Gasteiger partial charge on any atom is 0.0752 e. The van der Waals surface area contributed by atoms with E-state index in [1.165, 1.54) is 0 Å². The molecule has 2 rings (SSSR count). The van der Waals surface area contributed by atoms with Gasteiger partial charge in [0.2, 0.25) is 0 Å². The number of carbonyl (C=O) groups is 1. The quantitative estimate of drug-likeness (QED) is 0.860. The molecule has 0 saturated carbocycles. The zero-order valence-electron chi connectivity index (χ0n) is 10.8. The molecule has 0 radical (unpaired) electrons. The summed E-state index contributed by atoms with van der Waals surface area (Å²) in [4.78, 5) is 11.2. The van der Waals surface area contributed by atoms with Crippen LogP contribution in [0.15, 0.2) is 24.3 Å². The molecule has 0 amide bonds. The number of carbonyl (C=O) groups excluding carboxylic acids is 1. The van der Waals surface area contributed by atoms with Gasteiger partial charge in [-0.25, -0.2) is 4.68 Å². The van der Waals surface area contributed by atoms with Gasteiger partial charge in [0.05, 0.1) is 23.0 Å². The van der Waals surface area contributed by atoms with Crippen molar-refractivity contribution in [1.29, 1.82) is 0 Å². The lowest BCUT2D eigenvalue weighted by Crippen LogP contribution is -2.24. The van der Waals surface area contributed by atoms with Crippen LogP contribution in [0.3, 0.4) is 0 Å². The molecule has 0 aliphatic rings. The number of carboxylic acids is 1. The maximum atomic E-state index is 11.2. The van der Waals surface area contributed by atoms with E-state index in [2.05, 4.69) is 5.10 Å². The van der Waals surface area contributed by atoms with Gasteiger partial charge in [0.1, 0.15) is 0 Å². The number of hydrogen-bond donors (Lipinski definition) is 0. The summed E-state index contributed by atoms with van der Waals surface area (Å²) in [6, 6.07) is 7.14. The highest BCUT2D eigenvalue weighted by Gasteiger charge is 2.15. The van der Waals surface area contributed by atoms with E-state index in [0.717, 1.165) is 12.1 Å². The Kier molecular flexibility index (Phi) is 3.90. The van der Waals surface area contributed by atoms with Gasteiger partial charge in [0.25, 0.3) is 0 Å². The van der Waals surface area contributed by atoms with Gasteiger partial charge in [-0.15, -0.1) is 0 Å². The number of aromatic nitrogens is 2. The predicted octanol–water partition coefficient (Wildman–Crippen LogP) is 2.15. The summed E-state index contributed by atoms with van der Waals surface area (Å²) in [6.45, 7) is 3.70. The van der Waals surface area contributed by atoms with Gasteiger partial charge in [0, 0.05) is 10.6 Å². The largest absolute Gasteiger partial charge is 0.545 e. The van der Waals surface area contributed by atoms with Crippen molar-refractivity contribution in [3.8, 4) is 5.69 Å². The summed E-state index contributed by atoms with van der Waals surface area (Å²) in [6.07, 6.45) is 1.43. The van der Waals surface area contributed by atoms with Crippen molar-refractivity contribution in [3.63, 3.8) is 0 Å². The maximum absolute atomic E-state index is 11.2. The Morgan fingerprint density at radius 3 is 2.79 bits per heavy atom. The van der Waals surface area contributed by atoms with Crippen LogP contribution < -0.4 is 5.11 Å². The topological polar surface area (TPSA) is 58.0 Å². The molecule has 4 nitrogen and oxygen atoms in total. The number of nitrogens with zero attached hydrogens (tertiary/aromatic N) is 2. The molecule has 0 N–H and O–H groups in total. The van der Waals surface area contributed by atoms with Crippen molar-refractivity contribution in [2.24, 2.45) is 0 Å². The summed E-state index contributed by atoms with van der Waals surface area (Å²) in [5.41, 5.74) is 2.04. The SMILES string of the molecule is CCCc1nn(-c2cccc(Cl)c2)c(C)c1C(=O)[O-]. The van der Waals surface area contributed by atoms with Crippen LogP contribution in [0.5, 0.6) is 0 Å². The van der Waals surface area contributed by atoms with Crippen LogP contribution >= 0.6 is 11.6 Å². The van der Waals surface area contributed by atoms with Crippen LogP contribution in [-0.2, 0) is 6.42 Å². The van der Waals surface area contributed by atoms with Gasteiger partial charge >= 0.3 is 0 Å². The lowest BCUT2D eigenvalue weighted by atomic mass is 10.1. The highest BCUT2D eigenvalue weighted by Crippen LogP contribution is 2.21. The van der Waals surface area contributed by atoms with Gasteiger partial charge in [-0.2, -0.15) is 5.10 Å². The molecule has 19 heavy (non-hydrogen) atoms. The van der Waals surface area contributed by atoms with Gasteiger partial charge in [-0.3, -0.25) is 0 Å². The first kappa shape index (κ1) is 13.6. The average Bonchev–Trinajstić information content (AvgIpc) is 2.67. The van der Waals surface area contributed by atoms with Crippen molar-refractivity contribution in [3.05, 3.63) is 46.2 Å². The van der Waals surface area contributed by atoms with Crippen molar-refractivity contribution in [1.82, 2.24) is 9.78 Å². The summed E-state index contributed by atoms with van der Waals surface area (Å²) >= 11 is 5.95. The molecule has 0 aliphatic heterocycles. The van der Waals surface area contributed by atoms with Crippen molar-refractivity contribution >= 4 is 17.6 Å². The summed E-state index contributed by atoms with van der Waals surface area (Å²) in [7, 11) is 0. The van der Waals surface area contributed by atoms with E-state index in [1.807, 2.05) is 13.0 Å². The van der Waals surface area contributed by atoms with E-state index in [-0.39, 0.29) is 5.56 Å². The van der Waals surface area contributed by atoms with E-state index in [4.69, 9.17) is 11.6 Å². The molecular weight excluding hydrogens is 264 g/mol. The molecular formula is C14H14ClN2O2-. The molecule has 0 saturated heterocycles. The van der Waals surface area contributed by atoms with Crippen LogP contribution in [0.4, 0.5) is 0 Å². The lowest BCUT2D eigenvalue weighted by molar-refractivity contribution is -0.255. The number of rotatable bonds is 4. The molecule has 0 bridgehead atoms. The normalized spacial score (nSPS) is 10.7. The third-order valence-electron chi connectivity index (χ3n) is 2.93. The Hall–Kier alpha value is -1.81. The second-order valence-corrected chi connectivity index (χ2v) is 4.77. The minimum atomic E-state index is -1.19. The number of halogens is 1. The Morgan fingerprint density at radius 2 is 2.21 bits per heavy atom. The summed E-state index contributed by atoms with van der Waals surface area (Å²) < 4.78 is 1.60. The van der Waals surface area contributed by atoms with Crippen molar-refractivity contribution in [2.45, 2.75) is 26.7 Å². The molecule has 5 heteroatoms. The highest BCUT2D eigenvalue weighted by molar-refractivity contribution is 6.30. The Morgan fingerprint density at radius 1 is 1.47 bits per heavy atom. The van der Waals surface area contributed by atoms with E-state index in [1.54, 1.807) is 29.8 Å². The summed E-state index contributed by atoms with van der Waals surface area (Å²) in [5.74, 6) is -1.19. The molecule has 1 aromatic carbocycles. The first-order chi connectivity index (χ1) is 9.04. The summed E-state index contributed by atoms with van der Waals surface area (Å²) in [5, 5.41) is 16.2. The first-order valence-corrected chi connectivity index (χ1v) is 6.48. The smallest absolute Gasteiger partial charge is 0.0752 e. The number of hydrogen-bond acceptors (Lipinski definition) is 3. The van der Waals surface area contributed by atoms with E-state index in [0.29, 0.717) is 22.8 Å². The second-order valence-electron chi connectivity index (χ2n) is 4.34. The van der Waals surface area contributed by atoms with Crippen LogP contribution in [0.1, 0.15) is 35.1 Å². The molecule has 0 atom stereocenters. The van der Waals surface area contributed by atoms with Gasteiger partial charge in [0.15, 0.2) is 0 Å². The number of aryl methyl sites for hydroxylation is 1. The first-order valence-electron chi connectivity index (χ1n) is 6.10. The second kappa shape index (κ2) is 5.45. The molecule has 2 aromatic rings. The van der Waals surface area contributed by atoms with Crippen LogP contribution in [0.25, 0.3) is 5.69 Å². The zero-order valence-corrected chi connectivity index (χ0v) is 11.6. The zero-order chi connectivity index (χ0) is 14.0. The number of carboxylic acid groups (broad SMARTS) is 1. The van der Waals surface area contributed by atoms with E-state index < -0.39 is 5.97 Å². The predicted molar refractivity (Wildman–Crippen MR) is 71.6 cm³/mol. The van der Waals surface area contributed by atoms with E-state index in [9.17, 15) is 9.90 Å². The molecule has 1 aromatic heterocycles. The van der Waals surface area contributed by atoms with Crippen molar-refractivity contribution < 1.29 is 9.90 Å². The standard InChI is InChI=1S/C14H15ClN2O2/c1-3-5-12-13(14(18)19)9(2)17(16-12)11-7-4-6-10(15)8-11/h4,6-8H,3,5H2,1-2H3,(H,18,19)/p-1. The van der Waals surface area contributed by atoms with Gasteiger partial charge in [-0.1, -0.05) is 31.0 Å². The molecule has 0 fully saturated rings. The van der Waals surface area contributed by atoms with Crippen LogP contribution in [0, 0.1) is 6.92 Å². The van der Waals surface area contributed by atoms with Crippen molar-refractivity contribution in [2.75, 3.05) is 0 Å². The average molecular weight is 278 g/mol. The Labute approximate surface area is 116 Å². The molecule has 0 spiro atoms. The Bertz CT molecular complexity index is 620. The van der Waals surface area contributed by atoms with Gasteiger partial charge < -0.3 is 9.90 Å². The monoisotopic (exact) mass is 277 g/mol. The molecule has 0 unspecified atom stereocenters. The molecule has 0 aliphatic carbocycles. The third kappa shape index (κ3) is 2.63. The minimum Gasteiger partial charge on any atom is -0.545 e. The number of benzene rings is 1. The highest BCUT2D eigenvalue weighted by atomic mass is 35.5. The molecule has 100 valence electrons. The Balaban J connectivity index is 2.59. The van der Waals surface area contributed by atoms with Crippen LogP contribution in [-0.4, -0.2) is 15.7 Å². The fourth-order valence-electron chi connectivity index (χ4n) is 2.10.